The molecule has 0 aromatic carbocycles. The van der Waals surface area contributed by atoms with Crippen molar-refractivity contribution in [3.63, 3.8) is 0 Å². The Kier molecular flexibility index (Phi) is 1.56. The van der Waals surface area contributed by atoms with Crippen LogP contribution in [0, 0.1) is 17.8 Å². The fourth-order valence-electron chi connectivity index (χ4n) is 3.58. The molecule has 3 rings (SSSR count). The van der Waals surface area contributed by atoms with E-state index in [2.05, 4.69) is 6.08 Å². The second-order valence-electron chi connectivity index (χ2n) is 5.04. The Bertz CT molecular complexity index is 214. The highest BCUT2D eigenvalue weighted by molar-refractivity contribution is 5.12. The van der Waals surface area contributed by atoms with Gasteiger partial charge in [0, 0.05) is 0 Å². The molecule has 0 heterocycles. The molecule has 66 valence electrons. The Morgan fingerprint density at radius 3 is 3.08 bits per heavy atom. The zero-order chi connectivity index (χ0) is 7.97. The largest absolute Gasteiger partial charge is 0.0850 e. The smallest absolute Gasteiger partial charge is 0.0289 e. The summed E-state index contributed by atoms with van der Waals surface area (Å²) in [5, 5.41) is 0. The molecule has 3 aliphatic rings. The topological polar surface area (TPSA) is 0 Å². The minimum absolute atomic E-state index is 1.09. The van der Waals surface area contributed by atoms with Crippen LogP contribution in [0.2, 0.25) is 0 Å². The van der Waals surface area contributed by atoms with Crippen LogP contribution in [0.25, 0.3) is 0 Å². The average Bonchev–Trinajstić information content (AvgIpc) is 2.21. The predicted octanol–water partition coefficient (Wildman–Crippen LogP) is 3.53. The second kappa shape index (κ2) is 2.61. The summed E-state index contributed by atoms with van der Waals surface area (Å²) in [4.78, 5) is 0. The first kappa shape index (κ1) is 7.17. The number of hydrogen-bond acceptors (Lipinski definition) is 0. The molecule has 12 heavy (non-hydrogen) atoms. The van der Waals surface area contributed by atoms with Gasteiger partial charge in [-0.2, -0.15) is 0 Å². The van der Waals surface area contributed by atoms with E-state index in [1.165, 1.54) is 25.7 Å². The van der Waals surface area contributed by atoms with Crippen molar-refractivity contribution < 1.29 is 0 Å². The first-order valence-electron chi connectivity index (χ1n) is 5.60. The van der Waals surface area contributed by atoms with E-state index >= 15 is 0 Å². The molecule has 2 fully saturated rings. The quantitative estimate of drug-likeness (QED) is 0.478. The Hall–Kier alpha value is -0.260. The van der Waals surface area contributed by atoms with Gasteiger partial charge in [-0.25, -0.2) is 0 Å². The molecule has 0 aromatic rings. The second-order valence-corrected chi connectivity index (χ2v) is 5.04. The Labute approximate surface area is 75.0 Å². The van der Waals surface area contributed by atoms with Crippen LogP contribution >= 0.6 is 0 Å². The summed E-state index contributed by atoms with van der Waals surface area (Å²) in [6.45, 7) is 0. The third-order valence-electron chi connectivity index (χ3n) is 4.36. The van der Waals surface area contributed by atoms with E-state index in [1.807, 2.05) is 0 Å². The van der Waals surface area contributed by atoms with Gasteiger partial charge in [-0.1, -0.05) is 18.1 Å². The lowest BCUT2D eigenvalue weighted by molar-refractivity contribution is 0.182. The molecule has 2 saturated carbocycles. The van der Waals surface area contributed by atoms with Crippen molar-refractivity contribution in [2.75, 3.05) is 0 Å². The van der Waals surface area contributed by atoms with Gasteiger partial charge >= 0.3 is 0 Å². The van der Waals surface area contributed by atoms with Gasteiger partial charge in [0.15, 0.2) is 0 Å². The molecule has 0 aliphatic heterocycles. The van der Waals surface area contributed by atoms with E-state index in [9.17, 15) is 0 Å². The fraction of sp³-hybridized carbons (Fsp3) is 0.833. The minimum atomic E-state index is 1.09. The van der Waals surface area contributed by atoms with Crippen molar-refractivity contribution in [3.05, 3.63) is 11.6 Å². The van der Waals surface area contributed by atoms with Crippen LogP contribution in [-0.2, 0) is 0 Å². The highest BCUT2D eigenvalue weighted by Gasteiger charge is 2.34. The van der Waals surface area contributed by atoms with Crippen LogP contribution in [0.15, 0.2) is 11.6 Å². The van der Waals surface area contributed by atoms with E-state index < -0.39 is 0 Å². The van der Waals surface area contributed by atoms with Gasteiger partial charge in [-0.3, -0.25) is 0 Å². The number of fused-ring (bicyclic) bond motifs is 2. The van der Waals surface area contributed by atoms with Crippen molar-refractivity contribution in [3.8, 4) is 0 Å². The minimum Gasteiger partial charge on any atom is -0.0850 e. The van der Waals surface area contributed by atoms with Gasteiger partial charge in [0.1, 0.15) is 0 Å². The predicted molar refractivity (Wildman–Crippen MR) is 50.9 cm³/mol. The number of allylic oxidation sites excluding steroid dienone is 2. The molecule has 3 bridgehead atoms. The maximum absolute atomic E-state index is 2.56. The molecule has 3 atom stereocenters. The highest BCUT2D eigenvalue weighted by atomic mass is 14.4. The number of rotatable bonds is 0. The third kappa shape index (κ3) is 1.04. The first-order valence-corrected chi connectivity index (χ1v) is 5.60. The Balaban J connectivity index is 1.93. The summed E-state index contributed by atoms with van der Waals surface area (Å²) < 4.78 is 0. The molecule has 0 radical (unpaired) electrons. The van der Waals surface area contributed by atoms with Gasteiger partial charge in [0.25, 0.3) is 0 Å². The van der Waals surface area contributed by atoms with Gasteiger partial charge in [0.05, 0.1) is 0 Å². The monoisotopic (exact) mass is 162 g/mol. The average molecular weight is 162 g/mol. The van der Waals surface area contributed by atoms with Gasteiger partial charge in [-0.15, -0.1) is 0 Å². The van der Waals surface area contributed by atoms with Gasteiger partial charge < -0.3 is 0 Å². The van der Waals surface area contributed by atoms with Crippen LogP contribution in [0.3, 0.4) is 0 Å². The maximum Gasteiger partial charge on any atom is -0.0289 e. The molecular weight excluding hydrogens is 144 g/mol. The summed E-state index contributed by atoms with van der Waals surface area (Å²) in [7, 11) is 0. The molecule has 3 aliphatic carbocycles. The SMILES string of the molecule is C1=C2CCC3CCC(C1)C(C2)C3. The normalized spacial score (nSPS) is 45.3. The van der Waals surface area contributed by atoms with E-state index in [1.54, 1.807) is 24.8 Å². The van der Waals surface area contributed by atoms with Crippen LogP contribution in [-0.4, -0.2) is 0 Å². The van der Waals surface area contributed by atoms with E-state index in [-0.39, 0.29) is 0 Å². The maximum atomic E-state index is 2.56. The third-order valence-corrected chi connectivity index (χ3v) is 4.36. The lowest BCUT2D eigenvalue weighted by Gasteiger charge is -2.35. The van der Waals surface area contributed by atoms with E-state index in [4.69, 9.17) is 0 Å². The van der Waals surface area contributed by atoms with Gasteiger partial charge in [0.2, 0.25) is 0 Å². The molecule has 0 aromatic heterocycles. The molecular formula is C12H18. The number of hydrogen-bond donors (Lipinski definition) is 0. The molecule has 0 nitrogen and oxygen atoms in total. The van der Waals surface area contributed by atoms with Crippen molar-refractivity contribution >= 4 is 0 Å². The zero-order valence-corrected chi connectivity index (χ0v) is 7.76. The molecule has 0 N–H and O–H groups in total. The highest BCUT2D eigenvalue weighted by Crippen LogP contribution is 2.47. The summed E-state index contributed by atoms with van der Waals surface area (Å²) >= 11 is 0. The lowest BCUT2D eigenvalue weighted by atomic mass is 9.70. The van der Waals surface area contributed by atoms with Crippen LogP contribution < -0.4 is 0 Å². The summed E-state index contributed by atoms with van der Waals surface area (Å²) in [5.41, 5.74) is 1.81. The van der Waals surface area contributed by atoms with Crippen molar-refractivity contribution in [2.24, 2.45) is 17.8 Å². The summed E-state index contributed by atoms with van der Waals surface area (Å²) in [5.74, 6) is 3.30. The molecule has 3 unspecified atom stereocenters. The first-order chi connectivity index (χ1) is 5.92. The molecule has 0 saturated heterocycles. The van der Waals surface area contributed by atoms with Crippen molar-refractivity contribution in [1.82, 2.24) is 0 Å². The molecule has 0 amide bonds. The Morgan fingerprint density at radius 2 is 2.08 bits per heavy atom. The standard InChI is InChI=1S/C12H18/c1-2-10-4-6-11-5-3-9(1)7-12(11)8-10/h3,10-12H,1-2,4-8H2. The fourth-order valence-corrected chi connectivity index (χ4v) is 3.58. The Morgan fingerprint density at radius 1 is 1.08 bits per heavy atom. The molecule has 0 heteroatoms. The van der Waals surface area contributed by atoms with E-state index in [0.717, 1.165) is 17.8 Å². The van der Waals surface area contributed by atoms with Crippen LogP contribution in [0.5, 0.6) is 0 Å². The van der Waals surface area contributed by atoms with Crippen LogP contribution in [0.1, 0.15) is 44.9 Å². The van der Waals surface area contributed by atoms with Crippen molar-refractivity contribution in [2.45, 2.75) is 44.9 Å². The van der Waals surface area contributed by atoms with Gasteiger partial charge in [-0.05, 0) is 56.3 Å². The summed E-state index contributed by atoms with van der Waals surface area (Å²) in [6.07, 6.45) is 13.1. The lowest BCUT2D eigenvalue weighted by Crippen LogP contribution is -2.24. The zero-order valence-electron chi connectivity index (χ0n) is 7.76. The van der Waals surface area contributed by atoms with Crippen molar-refractivity contribution in [1.29, 1.82) is 0 Å². The molecule has 0 spiro atoms. The van der Waals surface area contributed by atoms with E-state index in [0.29, 0.717) is 0 Å². The summed E-state index contributed by atoms with van der Waals surface area (Å²) in [6, 6.07) is 0. The van der Waals surface area contributed by atoms with Crippen LogP contribution in [0.4, 0.5) is 0 Å².